The van der Waals surface area contributed by atoms with E-state index in [4.69, 9.17) is 18.0 Å². The summed E-state index contributed by atoms with van der Waals surface area (Å²) in [7, 11) is -2.70. The highest BCUT2D eigenvalue weighted by molar-refractivity contribution is 6.60. The van der Waals surface area contributed by atoms with Crippen molar-refractivity contribution in [3.63, 3.8) is 0 Å². The van der Waals surface area contributed by atoms with Crippen LogP contribution in [0.2, 0.25) is 6.04 Å². The molecular weight excluding hydrogens is 579 g/mol. The van der Waals surface area contributed by atoms with Crippen LogP contribution in [-0.4, -0.2) is 47.4 Å². The fraction of sp³-hybridized carbons (Fsp3) is 0.816. The molecule has 0 aromatic rings. The average molecular weight is 644 g/mol. The number of rotatable bonds is 15. The van der Waals surface area contributed by atoms with Gasteiger partial charge in [0.2, 0.25) is 0 Å². The highest BCUT2D eigenvalue weighted by Crippen LogP contribution is 2.66. The molecule has 0 aromatic heterocycles. The van der Waals surface area contributed by atoms with Crippen LogP contribution in [0.4, 0.5) is 4.79 Å². The lowest BCUT2D eigenvalue weighted by atomic mass is 9.50. The molecule has 0 aromatic carbocycles. The van der Waals surface area contributed by atoms with Crippen molar-refractivity contribution in [3.8, 4) is 0 Å². The molecule has 7 heteroatoms. The van der Waals surface area contributed by atoms with E-state index in [0.717, 1.165) is 31.6 Å². The van der Waals surface area contributed by atoms with Crippen LogP contribution in [0.15, 0.2) is 35.5 Å². The van der Waals surface area contributed by atoms with Crippen molar-refractivity contribution < 1.29 is 22.8 Å². The van der Waals surface area contributed by atoms with Crippen molar-refractivity contribution in [3.05, 3.63) is 35.5 Å². The van der Waals surface area contributed by atoms with E-state index in [-0.39, 0.29) is 17.6 Å². The van der Waals surface area contributed by atoms with Gasteiger partial charge in [-0.15, -0.1) is 0 Å². The number of allylic oxidation sites excluding steroid dienone is 5. The Morgan fingerprint density at radius 2 is 1.62 bits per heavy atom. The van der Waals surface area contributed by atoms with Gasteiger partial charge in [0.05, 0.1) is 0 Å². The van der Waals surface area contributed by atoms with E-state index in [1.807, 2.05) is 20.8 Å². The highest BCUT2D eigenvalue weighted by Gasteiger charge is 2.57. The molecule has 0 spiro atoms. The Morgan fingerprint density at radius 3 is 2.27 bits per heavy atom. The minimum absolute atomic E-state index is 0.0615. The van der Waals surface area contributed by atoms with Crippen LogP contribution in [0, 0.1) is 46.3 Å². The maximum absolute atomic E-state index is 12.8. The van der Waals surface area contributed by atoms with Crippen molar-refractivity contribution in [2.45, 2.75) is 126 Å². The van der Waals surface area contributed by atoms with E-state index in [1.54, 1.807) is 5.57 Å². The van der Waals surface area contributed by atoms with Crippen LogP contribution in [0.1, 0.15) is 114 Å². The van der Waals surface area contributed by atoms with Gasteiger partial charge < -0.3 is 23.3 Å². The van der Waals surface area contributed by atoms with Crippen molar-refractivity contribution in [1.82, 2.24) is 5.32 Å². The monoisotopic (exact) mass is 643 g/mol. The molecule has 4 aliphatic rings. The van der Waals surface area contributed by atoms with E-state index in [9.17, 15) is 4.79 Å². The first-order chi connectivity index (χ1) is 21.4. The molecule has 1 N–H and O–H groups in total. The second-order valence-electron chi connectivity index (χ2n) is 15.2. The summed E-state index contributed by atoms with van der Waals surface area (Å²) in [6.45, 7) is 22.7. The number of carbonyl (C=O) groups is 1. The fourth-order valence-electron chi connectivity index (χ4n) is 9.37. The predicted octanol–water partition coefficient (Wildman–Crippen LogP) is 9.50. The second-order valence-corrected chi connectivity index (χ2v) is 18.0. The van der Waals surface area contributed by atoms with Gasteiger partial charge >= 0.3 is 14.9 Å². The summed E-state index contributed by atoms with van der Waals surface area (Å²) in [5.41, 5.74) is 3.79. The number of alkyl carbamates (subject to hydrolysis) is 1. The van der Waals surface area contributed by atoms with Gasteiger partial charge in [0.25, 0.3) is 0 Å². The predicted molar refractivity (Wildman–Crippen MR) is 186 cm³/mol. The van der Waals surface area contributed by atoms with Crippen LogP contribution in [0.25, 0.3) is 0 Å². The third-order valence-corrected chi connectivity index (χ3v) is 15.5. The van der Waals surface area contributed by atoms with Gasteiger partial charge in [0.1, 0.15) is 6.10 Å². The van der Waals surface area contributed by atoms with Gasteiger partial charge in [0.15, 0.2) is 0 Å². The maximum Gasteiger partial charge on any atom is 0.500 e. The summed E-state index contributed by atoms with van der Waals surface area (Å²) in [4.78, 5) is 12.8. The smallest absolute Gasteiger partial charge is 0.446 e. The Bertz CT molecular complexity index is 1070. The number of nitrogens with one attached hydrogen (secondary N) is 1. The van der Waals surface area contributed by atoms with Gasteiger partial charge in [-0.1, -0.05) is 77.0 Å². The quantitative estimate of drug-likeness (QED) is 0.109. The van der Waals surface area contributed by atoms with E-state index in [2.05, 4.69) is 71.2 Å². The van der Waals surface area contributed by atoms with Crippen molar-refractivity contribution in [2.75, 3.05) is 26.4 Å². The summed E-state index contributed by atoms with van der Waals surface area (Å²) in [5, 5.41) is 2.98. The van der Waals surface area contributed by atoms with Crippen LogP contribution in [-0.2, 0) is 18.0 Å². The Balaban J connectivity index is 1.33. The van der Waals surface area contributed by atoms with Gasteiger partial charge in [-0.05, 0) is 112 Å². The van der Waals surface area contributed by atoms with Gasteiger partial charge in [0, 0.05) is 38.8 Å². The Hall–Kier alpha value is -1.41. The van der Waals surface area contributed by atoms with E-state index in [1.165, 1.54) is 31.3 Å². The third-order valence-electron chi connectivity index (χ3n) is 12.3. The zero-order chi connectivity index (χ0) is 32.8. The number of fused-ring (bicyclic) bond motifs is 5. The molecule has 0 radical (unpaired) electrons. The Morgan fingerprint density at radius 1 is 0.933 bits per heavy atom. The number of carbonyl (C=O) groups excluding carboxylic acids is 1. The molecule has 0 aliphatic heterocycles. The molecule has 6 nitrogen and oxygen atoms in total. The number of hydrogen-bond donors (Lipinski definition) is 1. The highest BCUT2D eigenvalue weighted by atomic mass is 28.4. The fourth-order valence-corrected chi connectivity index (χ4v) is 12.0. The number of amides is 1. The largest absolute Gasteiger partial charge is 0.500 e. The number of ether oxygens (including phenoxy) is 1. The lowest BCUT2D eigenvalue weighted by molar-refractivity contribution is 0.0291. The Labute approximate surface area is 276 Å². The van der Waals surface area contributed by atoms with Crippen molar-refractivity contribution in [2.24, 2.45) is 46.3 Å². The SMILES string of the molecule is CCO[Si](CCCNC(=O)O[C@H]1CC[C@@]2(C)C(=CC=C3[C@@H]4CC[C@H]([C@H](C)/C=C/[C@H](C)C(C)C)[C@@]4(C)CC[C@@H]32)C1)(OCC)OCC. The standard InChI is InChI=1S/C38H65NO5Si/c1-10-41-45(42-11-2,43-12-3)25-13-24-39-36(40)44-31-20-22-37(8)30(26-31)16-17-32-34-19-18-33(38(34,9)23-21-35(32)37)29(7)15-14-28(6)27(4)5/h14-17,27-29,31,33-35H,10-13,18-26H2,1-9H3,(H,39,40)/b15-14+/t28-,29+,31-,33+,34-,35-,37-,38+/m0/s1. The summed E-state index contributed by atoms with van der Waals surface area (Å²) in [6, 6.07) is 0.682. The summed E-state index contributed by atoms with van der Waals surface area (Å²) < 4.78 is 23.8. The molecule has 4 aliphatic carbocycles. The lowest BCUT2D eigenvalue weighted by Gasteiger charge is -2.55. The minimum Gasteiger partial charge on any atom is -0.446 e. The number of hydrogen-bond acceptors (Lipinski definition) is 5. The maximum atomic E-state index is 12.8. The molecule has 0 heterocycles. The van der Waals surface area contributed by atoms with E-state index in [0.29, 0.717) is 67.4 Å². The molecule has 45 heavy (non-hydrogen) atoms. The van der Waals surface area contributed by atoms with Crippen LogP contribution in [0.5, 0.6) is 0 Å². The third kappa shape index (κ3) is 8.01. The molecule has 8 atom stereocenters. The first-order valence-corrected chi connectivity index (χ1v) is 20.3. The van der Waals surface area contributed by atoms with Crippen LogP contribution in [0.3, 0.4) is 0 Å². The lowest BCUT2D eigenvalue weighted by Crippen LogP contribution is -2.47. The van der Waals surface area contributed by atoms with Crippen LogP contribution >= 0.6 is 0 Å². The van der Waals surface area contributed by atoms with Gasteiger partial charge in [-0.3, -0.25) is 0 Å². The van der Waals surface area contributed by atoms with Gasteiger partial charge in [-0.2, -0.15) is 0 Å². The molecule has 3 fully saturated rings. The minimum atomic E-state index is -2.70. The molecule has 1 amide bonds. The first-order valence-electron chi connectivity index (χ1n) is 18.4. The van der Waals surface area contributed by atoms with Crippen LogP contribution < -0.4 is 5.32 Å². The normalized spacial score (nSPS) is 32.8. The topological polar surface area (TPSA) is 66.0 Å². The van der Waals surface area contributed by atoms with Crippen molar-refractivity contribution >= 4 is 14.9 Å². The van der Waals surface area contributed by atoms with E-state index >= 15 is 0 Å². The molecule has 0 saturated heterocycles. The van der Waals surface area contributed by atoms with E-state index < -0.39 is 8.80 Å². The molecule has 0 bridgehead atoms. The molecule has 256 valence electrons. The average Bonchev–Trinajstić information content (AvgIpc) is 3.36. The van der Waals surface area contributed by atoms with Gasteiger partial charge in [-0.25, -0.2) is 4.79 Å². The molecule has 3 saturated carbocycles. The molecular formula is C38H65NO5Si. The summed E-state index contributed by atoms with van der Waals surface area (Å²) in [6.07, 6.45) is 18.4. The molecule has 4 rings (SSSR count). The first kappa shape index (κ1) is 36.4. The summed E-state index contributed by atoms with van der Waals surface area (Å²) in [5.74, 6) is 4.05. The van der Waals surface area contributed by atoms with Crippen molar-refractivity contribution in [1.29, 1.82) is 0 Å². The second kappa shape index (κ2) is 15.7. The molecule has 0 unspecified atom stereocenters. The summed E-state index contributed by atoms with van der Waals surface area (Å²) >= 11 is 0. The zero-order valence-electron chi connectivity index (χ0n) is 30.1. The Kier molecular flexibility index (Phi) is 12.7. The zero-order valence-corrected chi connectivity index (χ0v) is 31.1.